The zero-order valence-electron chi connectivity index (χ0n) is 9.45. The second kappa shape index (κ2) is 5.53. The molecule has 0 fully saturated rings. The summed E-state index contributed by atoms with van der Waals surface area (Å²) in [7, 11) is 0. The number of rotatable bonds is 5. The van der Waals surface area contributed by atoms with Gasteiger partial charge in [-0.2, -0.15) is 0 Å². The lowest BCUT2D eigenvalue weighted by molar-refractivity contribution is -0.427. The Kier molecular flexibility index (Phi) is 4.33. The average Bonchev–Trinajstić information content (AvgIpc) is 2.64. The molecule has 1 rings (SSSR count). The number of nitro groups is 2. The first-order chi connectivity index (χ1) is 7.90. The summed E-state index contributed by atoms with van der Waals surface area (Å²) in [6, 6.07) is 1.34. The first-order valence-electron chi connectivity index (χ1n) is 4.98. The van der Waals surface area contributed by atoms with Crippen molar-refractivity contribution in [1.29, 1.82) is 0 Å². The topological polar surface area (TPSA) is 86.3 Å². The van der Waals surface area contributed by atoms with Crippen molar-refractivity contribution in [1.82, 2.24) is 0 Å². The van der Waals surface area contributed by atoms with Crippen molar-refractivity contribution in [3.05, 3.63) is 42.9 Å². The van der Waals surface area contributed by atoms with E-state index in [2.05, 4.69) is 0 Å². The van der Waals surface area contributed by atoms with Crippen molar-refractivity contribution < 1.29 is 9.85 Å². The Morgan fingerprint density at radius 3 is 2.53 bits per heavy atom. The highest BCUT2D eigenvalue weighted by atomic mass is 32.1. The van der Waals surface area contributed by atoms with Gasteiger partial charge in [0.15, 0.2) is 0 Å². The molecule has 0 atom stereocenters. The van der Waals surface area contributed by atoms with E-state index in [1.54, 1.807) is 5.38 Å². The monoisotopic (exact) mass is 256 g/mol. The smallest absolute Gasteiger partial charge is 0.259 e. The predicted octanol–water partition coefficient (Wildman–Crippen LogP) is 3.32. The molecule has 0 aliphatic heterocycles. The fourth-order valence-electron chi connectivity index (χ4n) is 1.31. The van der Waals surface area contributed by atoms with Gasteiger partial charge in [0.1, 0.15) is 0 Å². The highest BCUT2D eigenvalue weighted by molar-refractivity contribution is 7.13. The summed E-state index contributed by atoms with van der Waals surface area (Å²) < 4.78 is 0. The molecule has 0 saturated carbocycles. The Morgan fingerprint density at radius 2 is 2.12 bits per heavy atom. The summed E-state index contributed by atoms with van der Waals surface area (Å²) in [4.78, 5) is 20.3. The van der Waals surface area contributed by atoms with Gasteiger partial charge < -0.3 is 0 Å². The van der Waals surface area contributed by atoms with Crippen molar-refractivity contribution in [3.8, 4) is 0 Å². The van der Waals surface area contributed by atoms with Gasteiger partial charge in [-0.15, -0.1) is 0 Å². The molecule has 0 saturated heterocycles. The van der Waals surface area contributed by atoms with Gasteiger partial charge in [0, 0.05) is 23.9 Å². The molecule has 0 radical (unpaired) electrons. The molecule has 0 aliphatic rings. The summed E-state index contributed by atoms with van der Waals surface area (Å²) in [6.45, 7) is 3.76. The maximum atomic E-state index is 10.8. The molecule has 0 N–H and O–H groups in total. The molecule has 0 spiro atoms. The van der Waals surface area contributed by atoms with Gasteiger partial charge in [-0.1, -0.05) is 25.2 Å². The Hall–Kier alpha value is -1.76. The molecule has 0 aromatic carbocycles. The average molecular weight is 256 g/mol. The Bertz CT molecular complexity index is 465. The van der Waals surface area contributed by atoms with Gasteiger partial charge >= 0.3 is 5.00 Å². The maximum absolute atomic E-state index is 10.8. The van der Waals surface area contributed by atoms with Crippen molar-refractivity contribution in [2.75, 3.05) is 0 Å². The van der Waals surface area contributed by atoms with Gasteiger partial charge in [-0.05, 0) is 11.5 Å². The maximum Gasteiger partial charge on any atom is 0.324 e. The van der Waals surface area contributed by atoms with Crippen LogP contribution in [0.2, 0.25) is 0 Å². The minimum atomic E-state index is -0.504. The molecule has 0 aliphatic carbocycles. The standard InChI is InChI=1S/C10H12N2O4S/c1-7(2)3-9(11(13)14)4-8-5-10(12(15)16)17-6-8/h4-7H,3H2,1-2H3. The molecule has 17 heavy (non-hydrogen) atoms. The molecule has 92 valence electrons. The van der Waals surface area contributed by atoms with Crippen molar-refractivity contribution >= 4 is 22.4 Å². The van der Waals surface area contributed by atoms with Crippen LogP contribution in [0.15, 0.2) is 17.1 Å². The third kappa shape index (κ3) is 3.95. The number of nitrogens with zero attached hydrogens (tertiary/aromatic N) is 2. The predicted molar refractivity (Wildman–Crippen MR) is 65.4 cm³/mol. The lowest BCUT2D eigenvalue weighted by atomic mass is 10.1. The fraction of sp³-hybridized carbons (Fsp3) is 0.400. The van der Waals surface area contributed by atoms with Crippen LogP contribution in [-0.4, -0.2) is 9.85 Å². The highest BCUT2D eigenvalue weighted by Gasteiger charge is 2.15. The van der Waals surface area contributed by atoms with Crippen LogP contribution in [-0.2, 0) is 0 Å². The van der Waals surface area contributed by atoms with Crippen LogP contribution in [0, 0.1) is 26.1 Å². The van der Waals surface area contributed by atoms with Gasteiger partial charge in [0.2, 0.25) is 5.70 Å². The summed E-state index contributed by atoms with van der Waals surface area (Å²) in [5, 5.41) is 22.8. The van der Waals surface area contributed by atoms with E-state index in [1.807, 2.05) is 13.8 Å². The number of thiophene rings is 1. The van der Waals surface area contributed by atoms with Gasteiger partial charge in [-0.3, -0.25) is 20.2 Å². The minimum absolute atomic E-state index is 0.0107. The van der Waals surface area contributed by atoms with Crippen LogP contribution in [0.5, 0.6) is 0 Å². The molecule has 0 amide bonds. The molecule has 0 bridgehead atoms. The SMILES string of the molecule is CC(C)CC(=Cc1csc([N+](=O)[O-])c1)[N+](=O)[O-]. The van der Waals surface area contributed by atoms with Crippen molar-refractivity contribution in [2.45, 2.75) is 20.3 Å². The van der Waals surface area contributed by atoms with E-state index in [1.165, 1.54) is 12.1 Å². The number of allylic oxidation sites excluding steroid dienone is 1. The Morgan fingerprint density at radius 1 is 1.47 bits per heavy atom. The summed E-state index contributed by atoms with van der Waals surface area (Å²) in [5.74, 6) is 0.167. The molecule has 1 aromatic heterocycles. The first-order valence-corrected chi connectivity index (χ1v) is 5.86. The zero-order valence-corrected chi connectivity index (χ0v) is 10.3. The van der Waals surface area contributed by atoms with Gasteiger partial charge in [0.25, 0.3) is 0 Å². The van der Waals surface area contributed by atoms with Crippen LogP contribution in [0.1, 0.15) is 25.8 Å². The molecule has 7 heteroatoms. The lowest BCUT2D eigenvalue weighted by Gasteiger charge is -2.01. The second-order valence-electron chi connectivity index (χ2n) is 3.97. The van der Waals surface area contributed by atoms with E-state index in [0.29, 0.717) is 12.0 Å². The van der Waals surface area contributed by atoms with Gasteiger partial charge in [0.05, 0.1) is 9.85 Å². The van der Waals surface area contributed by atoms with E-state index in [-0.39, 0.29) is 16.6 Å². The fourth-order valence-corrected chi connectivity index (χ4v) is 1.99. The molecular weight excluding hydrogens is 244 g/mol. The highest BCUT2D eigenvalue weighted by Crippen LogP contribution is 2.25. The van der Waals surface area contributed by atoms with Crippen LogP contribution in [0.25, 0.3) is 6.08 Å². The molecule has 1 aromatic rings. The zero-order chi connectivity index (χ0) is 13.0. The molecule has 1 heterocycles. The summed E-state index contributed by atoms with van der Waals surface area (Å²) >= 11 is 0.964. The summed E-state index contributed by atoms with van der Waals surface area (Å²) in [5.41, 5.74) is 0.585. The normalized spacial score (nSPS) is 11.8. The second-order valence-corrected chi connectivity index (χ2v) is 4.86. The molecule has 0 unspecified atom stereocenters. The van der Waals surface area contributed by atoms with E-state index < -0.39 is 9.85 Å². The minimum Gasteiger partial charge on any atom is -0.259 e. The molecular formula is C10H12N2O4S. The quantitative estimate of drug-likeness (QED) is 0.597. The van der Waals surface area contributed by atoms with Crippen LogP contribution >= 0.6 is 11.3 Å². The number of hydrogen-bond donors (Lipinski definition) is 0. The van der Waals surface area contributed by atoms with E-state index >= 15 is 0 Å². The van der Waals surface area contributed by atoms with E-state index in [9.17, 15) is 20.2 Å². The first kappa shape index (κ1) is 13.3. The van der Waals surface area contributed by atoms with Gasteiger partial charge in [-0.25, -0.2) is 0 Å². The third-order valence-electron chi connectivity index (χ3n) is 1.97. The Labute approximate surface area is 102 Å². The van der Waals surface area contributed by atoms with Crippen LogP contribution in [0.3, 0.4) is 0 Å². The Balaban J connectivity index is 2.96. The number of hydrogen-bond acceptors (Lipinski definition) is 5. The third-order valence-corrected chi connectivity index (χ3v) is 2.87. The van der Waals surface area contributed by atoms with Crippen LogP contribution < -0.4 is 0 Å². The van der Waals surface area contributed by atoms with Crippen molar-refractivity contribution in [2.24, 2.45) is 5.92 Å². The van der Waals surface area contributed by atoms with E-state index in [4.69, 9.17) is 0 Å². The van der Waals surface area contributed by atoms with Crippen molar-refractivity contribution in [3.63, 3.8) is 0 Å². The molecule has 6 nitrogen and oxygen atoms in total. The lowest BCUT2D eigenvalue weighted by Crippen LogP contribution is -2.02. The van der Waals surface area contributed by atoms with Crippen LogP contribution in [0.4, 0.5) is 5.00 Å². The summed E-state index contributed by atoms with van der Waals surface area (Å²) in [6.07, 6.45) is 1.74. The van der Waals surface area contributed by atoms with E-state index in [0.717, 1.165) is 11.3 Å². The largest absolute Gasteiger partial charge is 0.324 e.